The van der Waals surface area contributed by atoms with Crippen molar-refractivity contribution in [3.8, 4) is 0 Å². The molecule has 1 unspecified atom stereocenters. The van der Waals surface area contributed by atoms with Gasteiger partial charge in [0.05, 0.1) is 10.0 Å². The molecular weight excluding hydrogens is 275 g/mol. The summed E-state index contributed by atoms with van der Waals surface area (Å²) < 4.78 is 5.19. The Kier molecular flexibility index (Phi) is 4.96. The van der Waals surface area contributed by atoms with Crippen LogP contribution in [-0.4, -0.2) is 22.6 Å². The molecule has 0 aromatic carbocycles. The second-order valence-electron chi connectivity index (χ2n) is 4.93. The van der Waals surface area contributed by atoms with E-state index in [9.17, 15) is 4.79 Å². The van der Waals surface area contributed by atoms with Crippen LogP contribution in [0.2, 0.25) is 10.0 Å². The van der Waals surface area contributed by atoms with E-state index in [0.717, 1.165) is 0 Å². The maximum absolute atomic E-state index is 11.7. The molecule has 0 radical (unpaired) electrons. The van der Waals surface area contributed by atoms with Crippen molar-refractivity contribution < 1.29 is 9.53 Å². The number of carbonyl (C=O) groups is 1. The lowest BCUT2D eigenvalue weighted by molar-refractivity contribution is -0.156. The molecule has 4 nitrogen and oxygen atoms in total. The second kappa shape index (κ2) is 5.87. The molecule has 1 atom stereocenters. The molecule has 0 fully saturated rings. The lowest BCUT2D eigenvalue weighted by atomic mass is 10.1. The first-order valence-electron chi connectivity index (χ1n) is 5.47. The minimum atomic E-state index is -0.804. The van der Waals surface area contributed by atoms with Crippen LogP contribution in [0.1, 0.15) is 26.3 Å². The van der Waals surface area contributed by atoms with Gasteiger partial charge < -0.3 is 10.5 Å². The van der Waals surface area contributed by atoms with Crippen molar-refractivity contribution in [3.63, 3.8) is 0 Å². The first-order valence-corrected chi connectivity index (χ1v) is 6.22. The highest BCUT2D eigenvalue weighted by molar-refractivity contribution is 6.35. The monoisotopic (exact) mass is 290 g/mol. The Labute approximate surface area is 116 Å². The third kappa shape index (κ3) is 4.44. The van der Waals surface area contributed by atoms with Gasteiger partial charge in [0.1, 0.15) is 11.6 Å². The zero-order valence-electron chi connectivity index (χ0n) is 10.5. The Bertz CT molecular complexity index is 424. The van der Waals surface area contributed by atoms with Gasteiger partial charge in [-0.05, 0) is 26.3 Å². The average Bonchev–Trinajstić information content (AvgIpc) is 2.21. The number of pyridine rings is 1. The van der Waals surface area contributed by atoms with Gasteiger partial charge in [-0.2, -0.15) is 0 Å². The lowest BCUT2D eigenvalue weighted by Gasteiger charge is -2.22. The quantitative estimate of drug-likeness (QED) is 0.869. The molecule has 6 heteroatoms. The minimum Gasteiger partial charge on any atom is -0.459 e. The van der Waals surface area contributed by atoms with Gasteiger partial charge >= 0.3 is 5.97 Å². The summed E-state index contributed by atoms with van der Waals surface area (Å²) in [6.07, 6.45) is 3.14. The molecule has 1 aromatic heterocycles. The van der Waals surface area contributed by atoms with E-state index in [2.05, 4.69) is 4.98 Å². The standard InChI is InChI=1S/C12H16Cl2N2O2/c1-12(2,3)18-11(17)10(15)4-7-8(13)5-16-6-9(7)14/h5-6,10H,4,15H2,1-3H3. The number of hydrogen-bond acceptors (Lipinski definition) is 4. The number of esters is 1. The number of rotatable bonds is 3. The van der Waals surface area contributed by atoms with Gasteiger partial charge in [-0.1, -0.05) is 23.2 Å². The first-order chi connectivity index (χ1) is 8.20. The molecule has 1 heterocycles. The third-order valence-electron chi connectivity index (χ3n) is 2.09. The van der Waals surface area contributed by atoms with Gasteiger partial charge in [0, 0.05) is 18.8 Å². The summed E-state index contributed by atoms with van der Waals surface area (Å²) in [7, 11) is 0. The fourth-order valence-electron chi connectivity index (χ4n) is 1.31. The smallest absolute Gasteiger partial charge is 0.323 e. The van der Waals surface area contributed by atoms with Crippen LogP contribution in [0.3, 0.4) is 0 Å². The molecular formula is C12H16Cl2N2O2. The van der Waals surface area contributed by atoms with Gasteiger partial charge in [-0.15, -0.1) is 0 Å². The summed E-state index contributed by atoms with van der Waals surface area (Å²) in [6.45, 7) is 5.35. The normalized spacial score (nSPS) is 13.2. The van der Waals surface area contributed by atoms with Gasteiger partial charge in [0.2, 0.25) is 0 Å². The van der Waals surface area contributed by atoms with E-state index < -0.39 is 17.6 Å². The Morgan fingerprint density at radius 3 is 2.33 bits per heavy atom. The Morgan fingerprint density at radius 1 is 1.39 bits per heavy atom. The Morgan fingerprint density at radius 2 is 1.89 bits per heavy atom. The van der Waals surface area contributed by atoms with E-state index in [1.807, 2.05) is 0 Å². The van der Waals surface area contributed by atoms with E-state index in [1.165, 1.54) is 12.4 Å². The SMILES string of the molecule is CC(C)(C)OC(=O)C(N)Cc1c(Cl)cncc1Cl. The zero-order valence-corrected chi connectivity index (χ0v) is 12.0. The van der Waals surface area contributed by atoms with E-state index in [-0.39, 0.29) is 6.42 Å². The van der Waals surface area contributed by atoms with Crippen LogP contribution >= 0.6 is 23.2 Å². The molecule has 0 amide bonds. The maximum atomic E-state index is 11.7. The van der Waals surface area contributed by atoms with Crippen molar-refractivity contribution in [2.24, 2.45) is 5.73 Å². The number of aromatic nitrogens is 1. The highest BCUT2D eigenvalue weighted by atomic mass is 35.5. The molecule has 0 aliphatic heterocycles. The molecule has 0 saturated heterocycles. The van der Waals surface area contributed by atoms with Crippen LogP contribution in [-0.2, 0) is 16.0 Å². The number of carbonyl (C=O) groups excluding carboxylic acids is 1. The zero-order chi connectivity index (χ0) is 13.9. The molecule has 0 spiro atoms. The second-order valence-corrected chi connectivity index (χ2v) is 5.74. The Balaban J connectivity index is 2.76. The number of nitrogens with zero attached hydrogens (tertiary/aromatic N) is 1. The van der Waals surface area contributed by atoms with Crippen molar-refractivity contribution in [2.45, 2.75) is 38.8 Å². The number of nitrogens with two attached hydrogens (primary N) is 1. The third-order valence-corrected chi connectivity index (χ3v) is 2.74. The first kappa shape index (κ1) is 15.2. The number of halogens is 2. The van der Waals surface area contributed by atoms with Gasteiger partial charge in [0.25, 0.3) is 0 Å². The molecule has 2 N–H and O–H groups in total. The molecule has 0 aliphatic carbocycles. The molecule has 18 heavy (non-hydrogen) atoms. The topological polar surface area (TPSA) is 65.2 Å². The molecule has 1 aromatic rings. The highest BCUT2D eigenvalue weighted by Crippen LogP contribution is 2.24. The van der Waals surface area contributed by atoms with Crippen molar-refractivity contribution in [1.82, 2.24) is 4.98 Å². The molecule has 0 aliphatic rings. The van der Waals surface area contributed by atoms with Gasteiger partial charge in [-0.25, -0.2) is 0 Å². The predicted molar refractivity (Wildman–Crippen MR) is 71.8 cm³/mol. The minimum absolute atomic E-state index is 0.217. The van der Waals surface area contributed by atoms with Crippen LogP contribution in [0.15, 0.2) is 12.4 Å². The largest absolute Gasteiger partial charge is 0.459 e. The van der Waals surface area contributed by atoms with E-state index in [4.69, 9.17) is 33.7 Å². The van der Waals surface area contributed by atoms with Crippen LogP contribution in [0.25, 0.3) is 0 Å². The van der Waals surface area contributed by atoms with Crippen molar-refractivity contribution in [3.05, 3.63) is 28.0 Å². The van der Waals surface area contributed by atoms with Crippen LogP contribution in [0, 0.1) is 0 Å². The fraction of sp³-hybridized carbons (Fsp3) is 0.500. The number of hydrogen-bond donors (Lipinski definition) is 1. The van der Waals surface area contributed by atoms with Crippen molar-refractivity contribution in [2.75, 3.05) is 0 Å². The predicted octanol–water partition coefficient (Wildman–Crippen LogP) is 2.60. The van der Waals surface area contributed by atoms with Crippen LogP contribution in [0.4, 0.5) is 0 Å². The summed E-state index contributed by atoms with van der Waals surface area (Å²) in [5, 5.41) is 0.781. The van der Waals surface area contributed by atoms with Gasteiger partial charge in [-0.3, -0.25) is 9.78 Å². The lowest BCUT2D eigenvalue weighted by Crippen LogP contribution is -2.38. The van der Waals surface area contributed by atoms with Crippen LogP contribution < -0.4 is 5.73 Å². The molecule has 0 bridgehead atoms. The van der Waals surface area contributed by atoms with E-state index >= 15 is 0 Å². The summed E-state index contributed by atoms with van der Waals surface area (Å²) >= 11 is 11.9. The van der Waals surface area contributed by atoms with Crippen molar-refractivity contribution in [1.29, 1.82) is 0 Å². The Hall–Kier alpha value is -0.840. The average molecular weight is 291 g/mol. The van der Waals surface area contributed by atoms with E-state index in [1.54, 1.807) is 20.8 Å². The van der Waals surface area contributed by atoms with Crippen molar-refractivity contribution >= 4 is 29.2 Å². The molecule has 1 rings (SSSR count). The maximum Gasteiger partial charge on any atom is 0.323 e. The number of ether oxygens (including phenoxy) is 1. The molecule has 0 saturated carbocycles. The summed E-state index contributed by atoms with van der Waals surface area (Å²) in [5.74, 6) is -0.480. The van der Waals surface area contributed by atoms with E-state index in [0.29, 0.717) is 15.6 Å². The highest BCUT2D eigenvalue weighted by Gasteiger charge is 2.23. The van der Waals surface area contributed by atoms with Gasteiger partial charge in [0.15, 0.2) is 0 Å². The summed E-state index contributed by atoms with van der Waals surface area (Å²) in [5.41, 5.74) is 5.82. The fourth-order valence-corrected chi connectivity index (χ4v) is 1.83. The van der Waals surface area contributed by atoms with Crippen LogP contribution in [0.5, 0.6) is 0 Å². The molecule has 100 valence electrons. The summed E-state index contributed by atoms with van der Waals surface area (Å²) in [4.78, 5) is 15.6. The summed E-state index contributed by atoms with van der Waals surface area (Å²) in [6, 6.07) is -0.804.